The lowest BCUT2D eigenvalue weighted by atomic mass is 10.1. The van der Waals surface area contributed by atoms with E-state index in [2.05, 4.69) is 43.1 Å². The van der Waals surface area contributed by atoms with Crippen molar-refractivity contribution < 1.29 is 28.5 Å². The number of hydrogen-bond acceptors (Lipinski definition) is 8. The van der Waals surface area contributed by atoms with Crippen LogP contribution in [0.4, 0.5) is 11.4 Å². The van der Waals surface area contributed by atoms with Crippen LogP contribution in [0, 0.1) is 0 Å². The Morgan fingerprint density at radius 2 is 1.02 bits per heavy atom. The van der Waals surface area contributed by atoms with Crippen LogP contribution in [0.2, 0.25) is 0 Å². The van der Waals surface area contributed by atoms with Crippen molar-refractivity contribution in [2.45, 2.75) is 124 Å². The fourth-order valence-electron chi connectivity index (χ4n) is 5.97. The number of benzene rings is 4. The summed E-state index contributed by atoms with van der Waals surface area (Å²) in [5.74, 6) is 0.726. The molecule has 0 spiro atoms. The van der Waals surface area contributed by atoms with Gasteiger partial charge < -0.3 is 18.9 Å². The Labute approximate surface area is 328 Å². The summed E-state index contributed by atoms with van der Waals surface area (Å²) in [5.41, 5.74) is 3.79. The molecule has 0 saturated heterocycles. The van der Waals surface area contributed by atoms with Gasteiger partial charge in [-0.3, -0.25) is 0 Å². The number of unbranched alkanes of at least 4 members (excludes halogenated alkanes) is 11. The predicted octanol–water partition coefficient (Wildman–Crippen LogP) is 13.5. The molecule has 4 rings (SSSR count). The van der Waals surface area contributed by atoms with E-state index in [-0.39, 0.29) is 6.61 Å². The summed E-state index contributed by atoms with van der Waals surface area (Å²) in [6.45, 7) is 7.79. The second-order valence-electron chi connectivity index (χ2n) is 14.0. The van der Waals surface area contributed by atoms with Crippen LogP contribution in [0.25, 0.3) is 0 Å². The number of ether oxygens (including phenoxy) is 4. The molecule has 0 aliphatic rings. The van der Waals surface area contributed by atoms with E-state index in [1.807, 2.05) is 12.1 Å². The average Bonchev–Trinajstić information content (AvgIpc) is 3.21. The zero-order valence-electron chi connectivity index (χ0n) is 33.2. The van der Waals surface area contributed by atoms with Crippen molar-refractivity contribution in [3.05, 3.63) is 113 Å². The Kier molecular flexibility index (Phi) is 19.6. The van der Waals surface area contributed by atoms with E-state index in [0.29, 0.717) is 52.8 Å². The van der Waals surface area contributed by atoms with Gasteiger partial charge in [-0.1, -0.05) is 104 Å². The molecule has 55 heavy (non-hydrogen) atoms. The second kappa shape index (κ2) is 25.2. The molecule has 8 nitrogen and oxygen atoms in total. The molecule has 0 saturated carbocycles. The van der Waals surface area contributed by atoms with Crippen LogP contribution in [-0.2, 0) is 17.8 Å². The topological polar surface area (TPSA) is 95.8 Å². The van der Waals surface area contributed by atoms with E-state index >= 15 is 0 Å². The smallest absolute Gasteiger partial charge is 0.343 e. The highest BCUT2D eigenvalue weighted by Crippen LogP contribution is 2.29. The number of rotatable bonds is 26. The van der Waals surface area contributed by atoms with Gasteiger partial charge in [0, 0.05) is 5.56 Å². The first-order valence-electron chi connectivity index (χ1n) is 20.5. The Morgan fingerprint density at radius 3 is 1.60 bits per heavy atom. The minimum absolute atomic E-state index is 0.102. The lowest BCUT2D eigenvalue weighted by molar-refractivity contribution is 0.0472. The third-order valence-electron chi connectivity index (χ3n) is 9.36. The number of esters is 2. The third kappa shape index (κ3) is 16.1. The van der Waals surface area contributed by atoms with E-state index in [1.54, 1.807) is 66.7 Å². The average molecular weight is 749 g/mol. The number of aryl methyl sites for hydroxylation is 1. The highest BCUT2D eigenvalue weighted by molar-refractivity contribution is 5.91. The SMILES string of the molecule is CCCCCCCCCCOc1ccc(C(=O)Oc2ccc(N=Nc3ccc(CCCC)cc3)c(COC(=O)c3ccc(OCCCCCC)cc3)c2)cc1. The predicted molar refractivity (Wildman–Crippen MR) is 220 cm³/mol. The Hall–Kier alpha value is -4.98. The molecule has 294 valence electrons. The Morgan fingerprint density at radius 1 is 0.509 bits per heavy atom. The molecule has 0 atom stereocenters. The van der Waals surface area contributed by atoms with Crippen LogP contribution in [0.1, 0.15) is 143 Å². The van der Waals surface area contributed by atoms with Crippen molar-refractivity contribution in [2.75, 3.05) is 13.2 Å². The van der Waals surface area contributed by atoms with Gasteiger partial charge in [-0.25, -0.2) is 9.59 Å². The monoisotopic (exact) mass is 748 g/mol. The first kappa shape index (κ1) is 42.8. The summed E-state index contributed by atoms with van der Waals surface area (Å²) in [5, 5.41) is 8.93. The van der Waals surface area contributed by atoms with Gasteiger partial charge in [-0.05, 0) is 110 Å². The molecule has 0 aliphatic heterocycles. The molecule has 8 heteroatoms. The summed E-state index contributed by atoms with van der Waals surface area (Å²) in [6, 6.07) is 27.0. The Balaban J connectivity index is 1.37. The van der Waals surface area contributed by atoms with Crippen molar-refractivity contribution >= 4 is 23.3 Å². The zero-order chi connectivity index (χ0) is 38.9. The van der Waals surface area contributed by atoms with Crippen molar-refractivity contribution in [1.29, 1.82) is 0 Å². The molecule has 0 heterocycles. The zero-order valence-corrected chi connectivity index (χ0v) is 33.2. The molecule has 0 amide bonds. The number of nitrogens with zero attached hydrogens (tertiary/aromatic N) is 2. The van der Waals surface area contributed by atoms with Crippen molar-refractivity contribution in [3.8, 4) is 17.2 Å². The summed E-state index contributed by atoms with van der Waals surface area (Å²) in [6.07, 6.45) is 17.7. The van der Waals surface area contributed by atoms with Gasteiger partial charge in [0.25, 0.3) is 0 Å². The number of carbonyl (C=O) groups excluding carboxylic acids is 2. The van der Waals surface area contributed by atoms with Gasteiger partial charge >= 0.3 is 11.9 Å². The molecular formula is C47H60N2O6. The molecule has 4 aromatic carbocycles. The lowest BCUT2D eigenvalue weighted by Crippen LogP contribution is -2.09. The molecule has 0 aromatic heterocycles. The highest BCUT2D eigenvalue weighted by atomic mass is 16.5. The number of carbonyl (C=O) groups is 2. The van der Waals surface area contributed by atoms with Gasteiger partial charge in [-0.15, -0.1) is 0 Å². The molecule has 4 aromatic rings. The Bertz CT molecular complexity index is 1720. The summed E-state index contributed by atoms with van der Waals surface area (Å²) < 4.78 is 23.2. The van der Waals surface area contributed by atoms with Crippen LogP contribution in [0.5, 0.6) is 17.2 Å². The van der Waals surface area contributed by atoms with Crippen LogP contribution in [-0.4, -0.2) is 25.2 Å². The van der Waals surface area contributed by atoms with E-state index in [0.717, 1.165) is 50.7 Å². The molecule has 0 radical (unpaired) electrons. The van der Waals surface area contributed by atoms with E-state index < -0.39 is 11.9 Å². The lowest BCUT2D eigenvalue weighted by Gasteiger charge is -2.11. The fraction of sp³-hybridized carbons (Fsp3) is 0.447. The van der Waals surface area contributed by atoms with Crippen LogP contribution in [0.3, 0.4) is 0 Å². The molecule has 0 N–H and O–H groups in total. The first-order chi connectivity index (χ1) is 27.0. The number of azo groups is 1. The van der Waals surface area contributed by atoms with E-state index in [4.69, 9.17) is 18.9 Å². The normalized spacial score (nSPS) is 11.1. The maximum absolute atomic E-state index is 13.1. The first-order valence-corrected chi connectivity index (χ1v) is 20.5. The molecule has 0 fully saturated rings. The van der Waals surface area contributed by atoms with Gasteiger partial charge in [0.2, 0.25) is 0 Å². The maximum atomic E-state index is 13.1. The fourth-order valence-corrected chi connectivity index (χ4v) is 5.97. The summed E-state index contributed by atoms with van der Waals surface area (Å²) >= 11 is 0. The minimum Gasteiger partial charge on any atom is -0.494 e. The van der Waals surface area contributed by atoms with E-state index in [1.165, 1.54) is 56.9 Å². The molecule has 0 unspecified atom stereocenters. The van der Waals surface area contributed by atoms with Crippen molar-refractivity contribution in [1.82, 2.24) is 0 Å². The minimum atomic E-state index is -0.511. The molecule has 0 bridgehead atoms. The van der Waals surface area contributed by atoms with Gasteiger partial charge in [0.1, 0.15) is 23.9 Å². The van der Waals surface area contributed by atoms with Crippen molar-refractivity contribution in [3.63, 3.8) is 0 Å². The summed E-state index contributed by atoms with van der Waals surface area (Å²) in [4.78, 5) is 26.2. The number of hydrogen-bond donors (Lipinski definition) is 0. The van der Waals surface area contributed by atoms with Crippen LogP contribution in [0.15, 0.2) is 101 Å². The molecular weight excluding hydrogens is 689 g/mol. The van der Waals surface area contributed by atoms with Gasteiger partial charge in [0.05, 0.1) is 35.7 Å². The van der Waals surface area contributed by atoms with Crippen LogP contribution >= 0.6 is 0 Å². The van der Waals surface area contributed by atoms with Crippen molar-refractivity contribution in [2.24, 2.45) is 10.2 Å². The van der Waals surface area contributed by atoms with E-state index in [9.17, 15) is 9.59 Å². The van der Waals surface area contributed by atoms with Gasteiger partial charge in [0.15, 0.2) is 0 Å². The second-order valence-corrected chi connectivity index (χ2v) is 14.0. The summed E-state index contributed by atoms with van der Waals surface area (Å²) in [7, 11) is 0. The van der Waals surface area contributed by atoms with Crippen LogP contribution < -0.4 is 14.2 Å². The third-order valence-corrected chi connectivity index (χ3v) is 9.36. The standard InChI is InChI=1S/C47H60N2O6/c1-4-7-10-12-13-14-15-17-34-53-43-29-23-39(24-30-43)47(51)55-44-31-32-45(49-48-41-25-19-37(20-26-41)18-9-6-3)40(35-44)36-54-46(50)38-21-27-42(28-22-38)52-33-16-11-8-5-2/h19-32,35H,4-18,33-34,36H2,1-3H3. The molecule has 0 aliphatic carbocycles. The highest BCUT2D eigenvalue weighted by Gasteiger charge is 2.14. The van der Waals surface area contributed by atoms with Gasteiger partial charge in [-0.2, -0.15) is 10.2 Å². The quantitative estimate of drug-likeness (QED) is 0.0274. The maximum Gasteiger partial charge on any atom is 0.343 e. The largest absolute Gasteiger partial charge is 0.494 e.